The lowest BCUT2D eigenvalue weighted by atomic mass is 9.80. The Morgan fingerprint density at radius 2 is 2.06 bits per heavy atom. The molecule has 2 N–H and O–H groups in total. The van der Waals surface area contributed by atoms with Crippen molar-refractivity contribution in [3.63, 3.8) is 0 Å². The van der Waals surface area contributed by atoms with E-state index in [0.717, 1.165) is 12.0 Å². The highest BCUT2D eigenvalue weighted by atomic mass is 19.1. The molecule has 1 aliphatic carbocycles. The molecule has 88 valence electrons. The first-order chi connectivity index (χ1) is 7.58. The maximum absolute atomic E-state index is 13.1. The van der Waals surface area contributed by atoms with Gasteiger partial charge in [-0.05, 0) is 49.8 Å². The van der Waals surface area contributed by atoms with E-state index in [-0.39, 0.29) is 11.4 Å². The van der Waals surface area contributed by atoms with Gasteiger partial charge in [0.05, 0.1) is 0 Å². The van der Waals surface area contributed by atoms with Gasteiger partial charge in [0.25, 0.3) is 0 Å². The first-order valence-corrected chi connectivity index (χ1v) is 6.11. The van der Waals surface area contributed by atoms with Gasteiger partial charge in [-0.3, -0.25) is 0 Å². The van der Waals surface area contributed by atoms with Crippen molar-refractivity contribution in [1.29, 1.82) is 0 Å². The molecule has 1 aromatic carbocycles. The molecule has 1 nitrogen and oxygen atoms in total. The first-order valence-electron chi connectivity index (χ1n) is 6.11. The van der Waals surface area contributed by atoms with Gasteiger partial charge in [-0.2, -0.15) is 0 Å². The predicted octanol–water partition coefficient (Wildman–Crippen LogP) is 3.28. The average Bonchev–Trinajstić information content (AvgIpc) is 2.69. The highest BCUT2D eigenvalue weighted by Gasteiger charge is 2.32. The quantitative estimate of drug-likeness (QED) is 0.833. The van der Waals surface area contributed by atoms with E-state index in [1.165, 1.54) is 31.7 Å². The fourth-order valence-corrected chi connectivity index (χ4v) is 2.82. The van der Waals surface area contributed by atoms with E-state index < -0.39 is 0 Å². The first kappa shape index (κ1) is 11.6. The van der Waals surface area contributed by atoms with Gasteiger partial charge < -0.3 is 5.73 Å². The Kier molecular flexibility index (Phi) is 3.29. The van der Waals surface area contributed by atoms with Gasteiger partial charge >= 0.3 is 0 Å². The lowest BCUT2D eigenvalue weighted by Gasteiger charge is -2.31. The number of rotatable bonds is 3. The minimum atomic E-state index is -0.190. The highest BCUT2D eigenvalue weighted by Crippen LogP contribution is 2.34. The van der Waals surface area contributed by atoms with Crippen molar-refractivity contribution < 1.29 is 4.39 Å². The topological polar surface area (TPSA) is 26.0 Å². The zero-order valence-corrected chi connectivity index (χ0v) is 9.88. The Balaban J connectivity index is 2.07. The molecule has 1 aromatic rings. The summed E-state index contributed by atoms with van der Waals surface area (Å²) < 4.78 is 13.1. The molecule has 0 spiro atoms. The summed E-state index contributed by atoms with van der Waals surface area (Å²) in [5, 5.41) is 0. The summed E-state index contributed by atoms with van der Waals surface area (Å²) in [7, 11) is 0. The molecule has 1 saturated carbocycles. The Bertz CT molecular complexity index is 354. The van der Waals surface area contributed by atoms with Gasteiger partial charge in [-0.15, -0.1) is 0 Å². The molecule has 0 radical (unpaired) electrons. The molecule has 1 aliphatic rings. The van der Waals surface area contributed by atoms with Crippen LogP contribution in [0.2, 0.25) is 0 Å². The van der Waals surface area contributed by atoms with Gasteiger partial charge in [0, 0.05) is 5.54 Å². The molecular weight excluding hydrogens is 201 g/mol. The van der Waals surface area contributed by atoms with Gasteiger partial charge in [-0.1, -0.05) is 25.0 Å². The third kappa shape index (κ3) is 2.62. The predicted molar refractivity (Wildman–Crippen MR) is 64.7 cm³/mol. The van der Waals surface area contributed by atoms with Crippen LogP contribution in [0, 0.1) is 11.7 Å². The van der Waals surface area contributed by atoms with E-state index in [9.17, 15) is 4.39 Å². The smallest absolute Gasteiger partial charge is 0.123 e. The summed E-state index contributed by atoms with van der Waals surface area (Å²) in [5.41, 5.74) is 7.20. The monoisotopic (exact) mass is 221 g/mol. The average molecular weight is 221 g/mol. The van der Waals surface area contributed by atoms with E-state index in [1.54, 1.807) is 12.1 Å². The minimum Gasteiger partial charge on any atom is -0.325 e. The van der Waals surface area contributed by atoms with E-state index in [0.29, 0.717) is 5.92 Å². The minimum absolute atomic E-state index is 0.167. The van der Waals surface area contributed by atoms with Crippen molar-refractivity contribution in [3.8, 4) is 0 Å². The van der Waals surface area contributed by atoms with Crippen molar-refractivity contribution in [2.24, 2.45) is 11.7 Å². The molecule has 0 aliphatic heterocycles. The van der Waals surface area contributed by atoms with Crippen molar-refractivity contribution in [2.75, 3.05) is 0 Å². The second-order valence-electron chi connectivity index (χ2n) is 5.29. The number of hydrogen-bond acceptors (Lipinski definition) is 1. The van der Waals surface area contributed by atoms with E-state index >= 15 is 0 Å². The van der Waals surface area contributed by atoms with Crippen LogP contribution in [-0.4, -0.2) is 5.54 Å². The van der Waals surface area contributed by atoms with Crippen LogP contribution in [0.3, 0.4) is 0 Å². The van der Waals surface area contributed by atoms with E-state index in [1.807, 2.05) is 6.07 Å². The van der Waals surface area contributed by atoms with Crippen LogP contribution in [0.5, 0.6) is 0 Å². The molecule has 1 unspecified atom stereocenters. The summed E-state index contributed by atoms with van der Waals surface area (Å²) >= 11 is 0. The molecule has 0 amide bonds. The number of nitrogens with two attached hydrogens (primary N) is 1. The largest absolute Gasteiger partial charge is 0.325 e. The van der Waals surface area contributed by atoms with Crippen molar-refractivity contribution in [3.05, 3.63) is 35.6 Å². The number of hydrogen-bond donors (Lipinski definition) is 1. The molecule has 1 atom stereocenters. The molecule has 0 aromatic heterocycles. The molecule has 16 heavy (non-hydrogen) atoms. The Labute approximate surface area is 96.9 Å². The standard InChI is InChI=1S/C14H20FN/c1-14(16,12-6-2-3-7-12)10-11-5-4-8-13(15)9-11/h4-5,8-9,12H,2-3,6-7,10,16H2,1H3. The van der Waals surface area contributed by atoms with Crippen molar-refractivity contribution in [1.82, 2.24) is 0 Å². The zero-order chi connectivity index (χ0) is 11.6. The summed E-state index contributed by atoms with van der Waals surface area (Å²) in [4.78, 5) is 0. The van der Waals surface area contributed by atoms with Crippen LogP contribution in [0.1, 0.15) is 38.2 Å². The Morgan fingerprint density at radius 1 is 1.38 bits per heavy atom. The molecule has 2 rings (SSSR count). The number of benzene rings is 1. The van der Waals surface area contributed by atoms with Crippen LogP contribution in [0.15, 0.2) is 24.3 Å². The van der Waals surface area contributed by atoms with Crippen LogP contribution in [0.25, 0.3) is 0 Å². The maximum atomic E-state index is 13.1. The fourth-order valence-electron chi connectivity index (χ4n) is 2.82. The zero-order valence-electron chi connectivity index (χ0n) is 9.88. The van der Waals surface area contributed by atoms with E-state index in [2.05, 4.69) is 6.92 Å². The summed E-state index contributed by atoms with van der Waals surface area (Å²) in [6.45, 7) is 2.11. The van der Waals surface area contributed by atoms with Crippen molar-refractivity contribution in [2.45, 2.75) is 44.6 Å². The second kappa shape index (κ2) is 4.54. The summed E-state index contributed by atoms with van der Waals surface area (Å²) in [6, 6.07) is 6.80. The fraction of sp³-hybridized carbons (Fsp3) is 0.571. The van der Waals surface area contributed by atoms with Gasteiger partial charge in [0.2, 0.25) is 0 Å². The van der Waals surface area contributed by atoms with Crippen molar-refractivity contribution >= 4 is 0 Å². The molecule has 0 heterocycles. The molecular formula is C14H20FN. The summed E-state index contributed by atoms with van der Waals surface area (Å²) in [5.74, 6) is 0.426. The Hall–Kier alpha value is -0.890. The van der Waals surface area contributed by atoms with Crippen LogP contribution in [0.4, 0.5) is 4.39 Å². The van der Waals surface area contributed by atoms with Crippen LogP contribution >= 0.6 is 0 Å². The number of halogens is 1. The lowest BCUT2D eigenvalue weighted by Crippen LogP contribution is -2.45. The third-order valence-corrected chi connectivity index (χ3v) is 3.76. The van der Waals surface area contributed by atoms with Gasteiger partial charge in [0.15, 0.2) is 0 Å². The maximum Gasteiger partial charge on any atom is 0.123 e. The van der Waals surface area contributed by atoms with Gasteiger partial charge in [-0.25, -0.2) is 4.39 Å². The van der Waals surface area contributed by atoms with Gasteiger partial charge in [0.1, 0.15) is 5.82 Å². The highest BCUT2D eigenvalue weighted by molar-refractivity contribution is 5.19. The molecule has 0 bridgehead atoms. The molecule has 0 saturated heterocycles. The normalized spacial score (nSPS) is 20.9. The summed E-state index contributed by atoms with van der Waals surface area (Å²) in [6.07, 6.45) is 5.81. The van der Waals surface area contributed by atoms with Crippen LogP contribution in [-0.2, 0) is 6.42 Å². The lowest BCUT2D eigenvalue weighted by molar-refractivity contribution is 0.298. The second-order valence-corrected chi connectivity index (χ2v) is 5.29. The van der Waals surface area contributed by atoms with E-state index in [4.69, 9.17) is 5.73 Å². The molecule has 1 fully saturated rings. The Morgan fingerprint density at radius 3 is 2.69 bits per heavy atom. The van der Waals surface area contributed by atoms with Crippen LogP contribution < -0.4 is 5.73 Å². The molecule has 2 heteroatoms. The third-order valence-electron chi connectivity index (χ3n) is 3.76. The SMILES string of the molecule is CC(N)(Cc1cccc(F)c1)C1CCCC1.